The van der Waals surface area contributed by atoms with Gasteiger partial charge in [0.1, 0.15) is 5.54 Å². The molecule has 5 aromatic carbocycles. The quantitative estimate of drug-likeness (QED) is 0.0939. The number of carbonyl (C=O) groups excluding carboxylic acids is 1. The first-order chi connectivity index (χ1) is 24.3. The predicted molar refractivity (Wildman–Crippen MR) is 192 cm³/mol. The summed E-state index contributed by atoms with van der Waals surface area (Å²) in [6, 6.07) is 39.8. The van der Waals surface area contributed by atoms with Crippen molar-refractivity contribution in [2.24, 2.45) is 5.92 Å². The largest absolute Gasteiger partial charge is 0.465 e. The van der Waals surface area contributed by atoms with E-state index in [0.29, 0.717) is 46.4 Å². The van der Waals surface area contributed by atoms with E-state index in [0.717, 1.165) is 16.7 Å². The first kappa shape index (κ1) is 32.5. The summed E-state index contributed by atoms with van der Waals surface area (Å²) in [5.74, 6) is -0.643. The minimum Gasteiger partial charge on any atom is -0.465 e. The molecule has 0 radical (unpaired) electrons. The normalized spacial score (nSPS) is 14.7. The molecule has 1 atom stereocenters. The van der Waals surface area contributed by atoms with Gasteiger partial charge in [0.2, 0.25) is 5.91 Å². The van der Waals surface area contributed by atoms with Crippen LogP contribution in [0.3, 0.4) is 0 Å². The lowest BCUT2D eigenvalue weighted by molar-refractivity contribution is -0.384. The molecule has 7 rings (SSSR count). The molecule has 0 spiro atoms. The van der Waals surface area contributed by atoms with Crippen LogP contribution in [-0.4, -0.2) is 49.8 Å². The zero-order valence-electron chi connectivity index (χ0n) is 26.8. The fourth-order valence-electron chi connectivity index (χ4n) is 6.97. The van der Waals surface area contributed by atoms with Crippen molar-refractivity contribution < 1.29 is 19.6 Å². The van der Waals surface area contributed by atoms with Gasteiger partial charge in [0, 0.05) is 41.2 Å². The fourth-order valence-corrected chi connectivity index (χ4v) is 7.20. The molecule has 11 heteroatoms. The number of nitro groups is 1. The Balaban J connectivity index is 1.49. The van der Waals surface area contributed by atoms with E-state index in [1.807, 2.05) is 114 Å². The summed E-state index contributed by atoms with van der Waals surface area (Å²) in [4.78, 5) is 38.1. The molecule has 0 saturated carbocycles. The SMILES string of the molecule is O=C(Nc1nn(C(c2ccccc2)(c2ccccc2)c2ccccc2)c2ccc(-c3cc([N+](=O)[O-])ccc3Cl)cc12)[C@@H]1CCCN(C(=O)O)C1. The van der Waals surface area contributed by atoms with Crippen LogP contribution in [0.1, 0.15) is 29.5 Å². The molecule has 6 aromatic rings. The highest BCUT2D eigenvalue weighted by Gasteiger charge is 2.41. The molecule has 1 aliphatic rings. The number of amides is 2. The molecule has 10 nitrogen and oxygen atoms in total. The maximum atomic E-state index is 13.9. The lowest BCUT2D eigenvalue weighted by Gasteiger charge is -2.37. The van der Waals surface area contributed by atoms with E-state index >= 15 is 0 Å². The highest BCUT2D eigenvalue weighted by Crippen LogP contribution is 2.44. The summed E-state index contributed by atoms with van der Waals surface area (Å²) in [5.41, 5.74) is 3.39. The van der Waals surface area contributed by atoms with E-state index in [1.54, 1.807) is 0 Å². The van der Waals surface area contributed by atoms with Crippen LogP contribution in [0.15, 0.2) is 127 Å². The second-order valence-corrected chi connectivity index (χ2v) is 12.7. The van der Waals surface area contributed by atoms with Crippen LogP contribution >= 0.6 is 11.6 Å². The number of nitrogens with one attached hydrogen (secondary N) is 1. The van der Waals surface area contributed by atoms with Gasteiger partial charge in [0.25, 0.3) is 5.69 Å². The molecule has 0 aliphatic carbocycles. The number of aromatic nitrogens is 2. The number of halogens is 1. The summed E-state index contributed by atoms with van der Waals surface area (Å²) in [5, 5.41) is 30.5. The molecule has 2 amide bonds. The first-order valence-electron chi connectivity index (χ1n) is 16.2. The highest BCUT2D eigenvalue weighted by molar-refractivity contribution is 6.33. The zero-order chi connectivity index (χ0) is 34.8. The van der Waals surface area contributed by atoms with Gasteiger partial charge in [-0.2, -0.15) is 5.10 Å². The average molecular weight is 686 g/mol. The third kappa shape index (κ3) is 5.83. The van der Waals surface area contributed by atoms with Gasteiger partial charge in [-0.05, 0) is 53.3 Å². The summed E-state index contributed by atoms with van der Waals surface area (Å²) in [6.45, 7) is 0.452. The van der Waals surface area contributed by atoms with Crippen LogP contribution in [0.2, 0.25) is 5.02 Å². The molecule has 1 fully saturated rings. The number of rotatable bonds is 8. The van der Waals surface area contributed by atoms with Crippen LogP contribution in [0, 0.1) is 16.0 Å². The van der Waals surface area contributed by atoms with Crippen molar-refractivity contribution >= 4 is 46.0 Å². The minimum absolute atomic E-state index is 0.0797. The Morgan fingerprint density at radius 1 is 0.860 bits per heavy atom. The Bertz CT molecular complexity index is 2110. The Morgan fingerprint density at radius 2 is 1.46 bits per heavy atom. The summed E-state index contributed by atoms with van der Waals surface area (Å²) < 4.78 is 1.92. The van der Waals surface area contributed by atoms with Crippen molar-refractivity contribution in [2.45, 2.75) is 18.4 Å². The summed E-state index contributed by atoms with van der Waals surface area (Å²) >= 11 is 6.60. The number of non-ortho nitro benzene ring substituents is 1. The Hall–Kier alpha value is -6.00. The number of likely N-dealkylation sites (tertiary alicyclic amines) is 1. The Labute approximate surface area is 292 Å². The van der Waals surface area contributed by atoms with Crippen LogP contribution in [0.25, 0.3) is 22.0 Å². The summed E-state index contributed by atoms with van der Waals surface area (Å²) in [7, 11) is 0. The molecular weight excluding hydrogens is 654 g/mol. The van der Waals surface area contributed by atoms with E-state index in [4.69, 9.17) is 16.7 Å². The van der Waals surface area contributed by atoms with E-state index in [2.05, 4.69) is 5.32 Å². The van der Waals surface area contributed by atoms with Gasteiger partial charge < -0.3 is 15.3 Å². The van der Waals surface area contributed by atoms with Gasteiger partial charge in [-0.15, -0.1) is 0 Å². The van der Waals surface area contributed by atoms with Gasteiger partial charge in [0.15, 0.2) is 5.82 Å². The van der Waals surface area contributed by atoms with Gasteiger partial charge in [-0.3, -0.25) is 14.9 Å². The van der Waals surface area contributed by atoms with Gasteiger partial charge in [-0.25, -0.2) is 9.48 Å². The molecule has 2 heterocycles. The highest BCUT2D eigenvalue weighted by atomic mass is 35.5. The number of carbonyl (C=O) groups is 2. The monoisotopic (exact) mass is 685 g/mol. The second-order valence-electron chi connectivity index (χ2n) is 12.3. The van der Waals surface area contributed by atoms with E-state index in [1.165, 1.54) is 23.1 Å². The Morgan fingerprint density at radius 3 is 2.02 bits per heavy atom. The fraction of sp³-hybridized carbons (Fsp3) is 0.154. The standard InChI is InChI=1S/C39H32ClN5O5/c40-34-20-19-31(45(49)50)24-32(34)26-18-21-35-33(23-26)36(41-37(46)27-11-10-22-43(25-27)38(47)48)42-44(35)39(28-12-4-1-5-13-28,29-14-6-2-7-15-29)30-16-8-3-9-17-30/h1-9,12-21,23-24,27H,10-11,22,25H2,(H,47,48)(H,41,42,46)/t27-/m1/s1. The molecular formula is C39H32ClN5O5. The molecule has 0 unspecified atom stereocenters. The van der Waals surface area contributed by atoms with Crippen LogP contribution in [-0.2, 0) is 10.3 Å². The van der Waals surface area contributed by atoms with E-state index in [9.17, 15) is 24.8 Å². The smallest absolute Gasteiger partial charge is 0.407 e. The second kappa shape index (κ2) is 13.5. The third-order valence-corrected chi connectivity index (χ3v) is 9.68. The number of piperidine rings is 1. The maximum absolute atomic E-state index is 13.9. The third-order valence-electron chi connectivity index (χ3n) is 9.35. The maximum Gasteiger partial charge on any atom is 0.407 e. The average Bonchev–Trinajstić information content (AvgIpc) is 3.50. The molecule has 2 N–H and O–H groups in total. The van der Waals surface area contributed by atoms with Crippen LogP contribution < -0.4 is 5.32 Å². The zero-order valence-corrected chi connectivity index (χ0v) is 27.5. The van der Waals surface area contributed by atoms with Crippen molar-refractivity contribution in [3.8, 4) is 11.1 Å². The molecule has 1 saturated heterocycles. The molecule has 1 aliphatic heterocycles. The number of hydrogen-bond donors (Lipinski definition) is 2. The van der Waals surface area contributed by atoms with Crippen molar-refractivity contribution in [2.75, 3.05) is 18.4 Å². The van der Waals surface area contributed by atoms with Crippen LogP contribution in [0.5, 0.6) is 0 Å². The molecule has 1 aromatic heterocycles. The van der Waals surface area contributed by atoms with E-state index < -0.39 is 22.5 Å². The number of fused-ring (bicyclic) bond motifs is 1. The van der Waals surface area contributed by atoms with E-state index in [-0.39, 0.29) is 24.0 Å². The number of carboxylic acid groups (broad SMARTS) is 1. The first-order valence-corrected chi connectivity index (χ1v) is 16.6. The van der Waals surface area contributed by atoms with Crippen molar-refractivity contribution in [3.05, 3.63) is 159 Å². The lowest BCUT2D eigenvalue weighted by Crippen LogP contribution is -2.43. The number of benzene rings is 5. The molecule has 50 heavy (non-hydrogen) atoms. The van der Waals surface area contributed by atoms with Gasteiger partial charge >= 0.3 is 6.09 Å². The van der Waals surface area contributed by atoms with Gasteiger partial charge in [0.05, 0.1) is 16.4 Å². The minimum atomic E-state index is -1.06. The number of nitro benzene ring substituents is 1. The van der Waals surface area contributed by atoms with Crippen molar-refractivity contribution in [1.82, 2.24) is 14.7 Å². The van der Waals surface area contributed by atoms with Crippen molar-refractivity contribution in [1.29, 1.82) is 0 Å². The number of anilines is 1. The predicted octanol–water partition coefficient (Wildman–Crippen LogP) is 8.43. The van der Waals surface area contributed by atoms with Crippen LogP contribution in [0.4, 0.5) is 16.3 Å². The lowest BCUT2D eigenvalue weighted by atomic mass is 9.77. The van der Waals surface area contributed by atoms with Crippen molar-refractivity contribution in [3.63, 3.8) is 0 Å². The number of nitrogens with zero attached hydrogens (tertiary/aromatic N) is 4. The topological polar surface area (TPSA) is 131 Å². The summed E-state index contributed by atoms with van der Waals surface area (Å²) in [6.07, 6.45) is 0.0351. The van der Waals surface area contributed by atoms with Gasteiger partial charge in [-0.1, -0.05) is 109 Å². The Kier molecular flexibility index (Phi) is 8.78. The molecule has 0 bridgehead atoms. The molecule has 250 valence electrons. The number of hydrogen-bond acceptors (Lipinski definition) is 5.